The first kappa shape index (κ1) is 12.9. The summed E-state index contributed by atoms with van der Waals surface area (Å²) in [6.07, 6.45) is 4.96. The van der Waals surface area contributed by atoms with Crippen LogP contribution in [0.3, 0.4) is 0 Å². The molecule has 1 aliphatic carbocycles. The van der Waals surface area contributed by atoms with Crippen LogP contribution in [-0.4, -0.2) is 17.6 Å². The molecule has 98 valence electrons. The summed E-state index contributed by atoms with van der Waals surface area (Å²) in [5.74, 6) is -0.860. The zero-order valence-electron chi connectivity index (χ0n) is 11.1. The minimum atomic E-state index is -0.860. The lowest BCUT2D eigenvalue weighted by molar-refractivity contribution is 0.0698. The van der Waals surface area contributed by atoms with E-state index >= 15 is 0 Å². The summed E-state index contributed by atoms with van der Waals surface area (Å²) in [4.78, 5) is 11.2. The molecule has 0 radical (unpaired) electrons. The van der Waals surface area contributed by atoms with E-state index in [-0.39, 0.29) is 0 Å². The molecule has 0 aromatic heterocycles. The molecule has 1 aromatic carbocycles. The fourth-order valence-electron chi connectivity index (χ4n) is 2.49. The number of nitrogens with one attached hydrogen (secondary N) is 1. The van der Waals surface area contributed by atoms with Crippen molar-refractivity contribution in [1.29, 1.82) is 0 Å². The molecule has 0 heterocycles. The van der Waals surface area contributed by atoms with Gasteiger partial charge >= 0.3 is 5.97 Å². The molecule has 0 aliphatic heterocycles. The molecule has 3 heteroatoms. The van der Waals surface area contributed by atoms with Crippen LogP contribution in [0.5, 0.6) is 0 Å². The third kappa shape index (κ3) is 2.84. The Balaban J connectivity index is 2.07. The lowest BCUT2D eigenvalue weighted by Gasteiger charge is -2.17. The molecule has 2 N–H and O–H groups in total. The quantitative estimate of drug-likeness (QED) is 0.806. The van der Waals surface area contributed by atoms with Crippen molar-refractivity contribution in [3.63, 3.8) is 0 Å². The van der Waals surface area contributed by atoms with Crippen LogP contribution >= 0.6 is 0 Å². The van der Waals surface area contributed by atoms with Crippen molar-refractivity contribution < 1.29 is 9.90 Å². The Hall–Kier alpha value is -1.51. The van der Waals surface area contributed by atoms with Crippen LogP contribution in [0.15, 0.2) is 18.2 Å². The van der Waals surface area contributed by atoms with Gasteiger partial charge in [0.2, 0.25) is 0 Å². The van der Waals surface area contributed by atoms with E-state index in [2.05, 4.69) is 12.2 Å². The number of hydrogen-bond acceptors (Lipinski definition) is 2. The lowest BCUT2D eigenvalue weighted by Crippen LogP contribution is -2.17. The Morgan fingerprint density at radius 1 is 1.44 bits per heavy atom. The predicted octanol–water partition coefficient (Wildman–Crippen LogP) is 3.69. The van der Waals surface area contributed by atoms with E-state index in [1.54, 1.807) is 6.07 Å². The largest absolute Gasteiger partial charge is 0.478 e. The summed E-state index contributed by atoms with van der Waals surface area (Å²) in [5.41, 5.74) is 2.53. The molecule has 1 aromatic rings. The normalized spacial score (nSPS) is 16.3. The summed E-state index contributed by atoms with van der Waals surface area (Å²) in [6.45, 7) is 5.01. The maximum absolute atomic E-state index is 11.2. The average Bonchev–Trinajstić information content (AvgIpc) is 3.08. The van der Waals surface area contributed by atoms with Gasteiger partial charge in [-0.3, -0.25) is 0 Å². The first-order chi connectivity index (χ1) is 8.56. The van der Waals surface area contributed by atoms with Crippen LogP contribution in [0.2, 0.25) is 0 Å². The van der Waals surface area contributed by atoms with Gasteiger partial charge in [0.05, 0.1) is 5.56 Å². The molecule has 0 unspecified atom stereocenters. The Bertz CT molecular complexity index is 450. The molecule has 0 saturated heterocycles. The molecule has 1 aliphatic rings. The van der Waals surface area contributed by atoms with E-state index < -0.39 is 5.97 Å². The maximum Gasteiger partial charge on any atom is 0.337 e. The number of aromatic carboxylic acids is 1. The summed E-state index contributed by atoms with van der Waals surface area (Å²) in [5, 5.41) is 12.5. The van der Waals surface area contributed by atoms with Crippen molar-refractivity contribution in [3.8, 4) is 0 Å². The number of aryl methyl sites for hydroxylation is 1. The molecule has 0 atom stereocenters. The van der Waals surface area contributed by atoms with Gasteiger partial charge in [-0.05, 0) is 43.7 Å². The van der Waals surface area contributed by atoms with Crippen molar-refractivity contribution in [1.82, 2.24) is 0 Å². The van der Waals surface area contributed by atoms with Gasteiger partial charge in [0.1, 0.15) is 0 Å². The summed E-state index contributed by atoms with van der Waals surface area (Å²) < 4.78 is 0. The Labute approximate surface area is 108 Å². The van der Waals surface area contributed by atoms with E-state index in [1.807, 2.05) is 19.1 Å². The fraction of sp³-hybridized carbons (Fsp3) is 0.533. The number of rotatable bonds is 6. The third-order valence-electron chi connectivity index (χ3n) is 3.80. The topological polar surface area (TPSA) is 49.3 Å². The highest BCUT2D eigenvalue weighted by molar-refractivity contribution is 5.94. The van der Waals surface area contributed by atoms with Crippen molar-refractivity contribution in [3.05, 3.63) is 29.3 Å². The number of carboxylic acids is 1. The van der Waals surface area contributed by atoms with E-state index in [0.717, 1.165) is 17.8 Å². The van der Waals surface area contributed by atoms with Crippen molar-refractivity contribution >= 4 is 11.7 Å². The molecule has 0 bridgehead atoms. The first-order valence-electron chi connectivity index (χ1n) is 6.64. The van der Waals surface area contributed by atoms with E-state index in [0.29, 0.717) is 11.0 Å². The molecule has 2 rings (SSSR count). The summed E-state index contributed by atoms with van der Waals surface area (Å²) in [6, 6.07) is 5.55. The second-order valence-electron chi connectivity index (χ2n) is 5.46. The second kappa shape index (κ2) is 5.01. The Morgan fingerprint density at radius 3 is 2.72 bits per heavy atom. The van der Waals surface area contributed by atoms with E-state index in [9.17, 15) is 9.90 Å². The van der Waals surface area contributed by atoms with Gasteiger partial charge in [0, 0.05) is 12.2 Å². The Kier molecular flexibility index (Phi) is 3.60. The van der Waals surface area contributed by atoms with Gasteiger partial charge in [-0.2, -0.15) is 0 Å². The zero-order chi connectivity index (χ0) is 13.2. The van der Waals surface area contributed by atoms with Crippen LogP contribution < -0.4 is 5.32 Å². The minimum absolute atomic E-state index is 0.377. The molecule has 3 nitrogen and oxygen atoms in total. The van der Waals surface area contributed by atoms with Gasteiger partial charge < -0.3 is 10.4 Å². The summed E-state index contributed by atoms with van der Waals surface area (Å²) in [7, 11) is 0. The number of anilines is 1. The predicted molar refractivity (Wildman–Crippen MR) is 73.2 cm³/mol. The van der Waals surface area contributed by atoms with Gasteiger partial charge in [-0.15, -0.1) is 0 Å². The SMILES string of the molecule is CCCC1(CNc2ccc(C)cc2C(=O)O)CC1. The van der Waals surface area contributed by atoms with Crippen LogP contribution in [0, 0.1) is 12.3 Å². The maximum atomic E-state index is 11.2. The van der Waals surface area contributed by atoms with Crippen LogP contribution in [-0.2, 0) is 0 Å². The average molecular weight is 247 g/mol. The Morgan fingerprint density at radius 2 is 2.17 bits per heavy atom. The van der Waals surface area contributed by atoms with Crippen molar-refractivity contribution in [2.45, 2.75) is 39.5 Å². The number of carboxylic acid groups (broad SMARTS) is 1. The van der Waals surface area contributed by atoms with Gasteiger partial charge in [0.15, 0.2) is 0 Å². The molecule has 18 heavy (non-hydrogen) atoms. The van der Waals surface area contributed by atoms with E-state index in [4.69, 9.17) is 0 Å². The van der Waals surface area contributed by atoms with Gasteiger partial charge in [-0.25, -0.2) is 4.79 Å². The highest BCUT2D eigenvalue weighted by atomic mass is 16.4. The van der Waals surface area contributed by atoms with Gasteiger partial charge in [-0.1, -0.05) is 25.0 Å². The van der Waals surface area contributed by atoms with Crippen LogP contribution in [0.25, 0.3) is 0 Å². The fourth-order valence-corrected chi connectivity index (χ4v) is 2.49. The van der Waals surface area contributed by atoms with E-state index in [1.165, 1.54) is 25.7 Å². The lowest BCUT2D eigenvalue weighted by atomic mass is 10.0. The van der Waals surface area contributed by atoms with Gasteiger partial charge in [0.25, 0.3) is 0 Å². The first-order valence-corrected chi connectivity index (χ1v) is 6.64. The third-order valence-corrected chi connectivity index (χ3v) is 3.80. The standard InChI is InChI=1S/C15H21NO2/c1-3-6-15(7-8-15)10-16-13-5-4-11(2)9-12(13)14(17)18/h4-5,9,16H,3,6-8,10H2,1-2H3,(H,17,18). The molecule has 1 fully saturated rings. The number of carbonyl (C=O) groups is 1. The van der Waals surface area contributed by atoms with Crippen LogP contribution in [0.1, 0.15) is 48.5 Å². The molecular weight excluding hydrogens is 226 g/mol. The second-order valence-corrected chi connectivity index (χ2v) is 5.46. The minimum Gasteiger partial charge on any atom is -0.478 e. The van der Waals surface area contributed by atoms with Crippen LogP contribution in [0.4, 0.5) is 5.69 Å². The monoisotopic (exact) mass is 247 g/mol. The summed E-state index contributed by atoms with van der Waals surface area (Å²) >= 11 is 0. The smallest absolute Gasteiger partial charge is 0.337 e. The molecule has 1 saturated carbocycles. The highest BCUT2D eigenvalue weighted by Crippen LogP contribution is 2.49. The molecule has 0 amide bonds. The zero-order valence-corrected chi connectivity index (χ0v) is 11.1. The van der Waals surface area contributed by atoms with Crippen molar-refractivity contribution in [2.24, 2.45) is 5.41 Å². The van der Waals surface area contributed by atoms with Crippen molar-refractivity contribution in [2.75, 3.05) is 11.9 Å². The highest BCUT2D eigenvalue weighted by Gasteiger charge is 2.41. The number of hydrogen-bond donors (Lipinski definition) is 2. The molecular formula is C15H21NO2. The molecule has 0 spiro atoms. The number of benzene rings is 1.